The number of nitrogens with one attached hydrogen (secondary N) is 1. The van der Waals surface area contributed by atoms with Gasteiger partial charge in [0.05, 0.1) is 18.1 Å². The molecule has 2 aromatic carbocycles. The van der Waals surface area contributed by atoms with Crippen molar-refractivity contribution in [3.05, 3.63) is 71.1 Å². The van der Waals surface area contributed by atoms with Crippen molar-refractivity contribution in [2.45, 2.75) is 95.3 Å². The number of halogens is 8. The zero-order chi connectivity index (χ0) is 32.0. The van der Waals surface area contributed by atoms with E-state index in [0.717, 1.165) is 12.1 Å². The van der Waals surface area contributed by atoms with E-state index in [-0.39, 0.29) is 34.5 Å². The van der Waals surface area contributed by atoms with E-state index < -0.39 is 56.5 Å². The summed E-state index contributed by atoms with van der Waals surface area (Å²) in [7, 11) is -2.69. The van der Waals surface area contributed by atoms with Gasteiger partial charge in [-0.05, 0) is 72.3 Å². The zero-order valence-electron chi connectivity index (χ0n) is 24.4. The molecule has 4 rings (SSSR count). The zero-order valence-corrected chi connectivity index (χ0v) is 25.4. The van der Waals surface area contributed by atoms with Gasteiger partial charge < -0.3 is 14.5 Å². The molecule has 1 unspecified atom stereocenters. The smallest absolute Gasteiger partial charge is 0.419 e. The Labute approximate surface area is 245 Å². The van der Waals surface area contributed by atoms with Crippen LogP contribution in [0.4, 0.5) is 35.1 Å². The molecule has 236 valence electrons. The average molecular weight is 635 g/mol. The molecule has 0 radical (unpaired) electrons. The summed E-state index contributed by atoms with van der Waals surface area (Å²) in [4.78, 5) is 4.09. The Morgan fingerprint density at radius 1 is 0.953 bits per heavy atom. The molecule has 43 heavy (non-hydrogen) atoms. The molecule has 1 aliphatic rings. The van der Waals surface area contributed by atoms with E-state index in [1.165, 1.54) is 12.4 Å². The molecule has 1 fully saturated rings. The molecule has 1 N–H and O–H groups in total. The minimum atomic E-state index is -4.85. The molecule has 4 nitrogen and oxygen atoms in total. The van der Waals surface area contributed by atoms with Crippen LogP contribution in [-0.4, -0.2) is 31.6 Å². The van der Waals surface area contributed by atoms with Crippen molar-refractivity contribution in [3.8, 4) is 5.75 Å². The minimum Gasteiger partial charge on any atom is -0.490 e. The Hall–Kier alpha value is -2.77. The molecule has 1 saturated carbocycles. The highest BCUT2D eigenvalue weighted by Gasteiger charge is 2.43. The fourth-order valence-corrected chi connectivity index (χ4v) is 6.06. The van der Waals surface area contributed by atoms with E-state index in [1.54, 1.807) is 6.07 Å². The van der Waals surface area contributed by atoms with E-state index >= 15 is 4.39 Å². The molecule has 0 aliphatic heterocycles. The molecule has 0 saturated heterocycles. The van der Waals surface area contributed by atoms with Crippen LogP contribution in [0.2, 0.25) is 18.1 Å². The van der Waals surface area contributed by atoms with Crippen molar-refractivity contribution in [3.63, 3.8) is 0 Å². The van der Waals surface area contributed by atoms with Crippen molar-refractivity contribution >= 4 is 19.1 Å². The van der Waals surface area contributed by atoms with Gasteiger partial charge in [-0.15, -0.1) is 0 Å². The van der Waals surface area contributed by atoms with Crippen LogP contribution in [0.1, 0.15) is 62.8 Å². The van der Waals surface area contributed by atoms with Crippen LogP contribution >= 0.6 is 0 Å². The fraction of sp³-hybridized carbons (Fsp3) is 0.500. The van der Waals surface area contributed by atoms with Gasteiger partial charge in [0.1, 0.15) is 23.5 Å². The fourth-order valence-electron chi connectivity index (χ4n) is 4.78. The van der Waals surface area contributed by atoms with Gasteiger partial charge in [0.15, 0.2) is 8.32 Å². The normalized spacial score (nSPS) is 18.9. The van der Waals surface area contributed by atoms with Crippen molar-refractivity contribution < 1.29 is 44.3 Å². The van der Waals surface area contributed by atoms with Gasteiger partial charge in [0.25, 0.3) is 0 Å². The largest absolute Gasteiger partial charge is 0.490 e. The summed E-state index contributed by atoms with van der Waals surface area (Å²) in [5, 5.41) is 3.57. The number of alkyl halides is 6. The standard InChI is InChI=1S/C30H34F8N2O2Si/c1-28(2,3)43(4,5)42-27(14-29(33,34)35)21-13-26(32)23(20-8-9-39-15-22(20)21)16-40-17-10-19(11-17)41-18-6-7-25(31)24(12-18)30(36,37)38/h6-9,12-13,15,17,19,27,40H,10-11,14,16H2,1-5H3. The number of nitrogens with zero attached hydrogens (tertiary/aromatic N) is 1. The van der Waals surface area contributed by atoms with E-state index in [0.29, 0.717) is 35.7 Å². The van der Waals surface area contributed by atoms with Gasteiger partial charge >= 0.3 is 12.4 Å². The minimum absolute atomic E-state index is 0.0474. The lowest BCUT2D eigenvalue weighted by Crippen LogP contribution is -2.46. The number of ether oxygens (including phenoxy) is 1. The first kappa shape index (κ1) is 33.1. The molecular formula is C30H34F8N2O2Si. The molecule has 1 atom stereocenters. The number of fused-ring (bicyclic) bond motifs is 1. The van der Waals surface area contributed by atoms with Crippen LogP contribution in [0.3, 0.4) is 0 Å². The van der Waals surface area contributed by atoms with Gasteiger partial charge in [-0.25, -0.2) is 8.78 Å². The summed E-state index contributed by atoms with van der Waals surface area (Å²) < 4.78 is 121. The van der Waals surface area contributed by atoms with Crippen LogP contribution in [0, 0.1) is 11.6 Å². The lowest BCUT2D eigenvalue weighted by molar-refractivity contribution is -0.152. The highest BCUT2D eigenvalue weighted by atomic mass is 28.4. The summed E-state index contributed by atoms with van der Waals surface area (Å²) >= 11 is 0. The molecule has 1 heterocycles. The summed E-state index contributed by atoms with van der Waals surface area (Å²) in [5.41, 5.74) is -1.08. The Balaban J connectivity index is 1.50. The third-order valence-electron chi connectivity index (χ3n) is 8.24. The van der Waals surface area contributed by atoms with Crippen molar-refractivity contribution in [1.82, 2.24) is 10.3 Å². The number of aromatic nitrogens is 1. The quantitative estimate of drug-likeness (QED) is 0.188. The summed E-state index contributed by atoms with van der Waals surface area (Å²) in [5.74, 6) is -2.18. The number of benzene rings is 2. The summed E-state index contributed by atoms with van der Waals surface area (Å²) in [6.07, 6.45) is -8.85. The first-order valence-electron chi connectivity index (χ1n) is 13.8. The molecule has 3 aromatic rings. The van der Waals surface area contributed by atoms with Crippen LogP contribution in [-0.2, 0) is 17.1 Å². The predicted octanol–water partition coefficient (Wildman–Crippen LogP) is 9.25. The van der Waals surface area contributed by atoms with Crippen molar-refractivity contribution in [2.75, 3.05) is 0 Å². The molecule has 0 spiro atoms. The first-order chi connectivity index (χ1) is 19.7. The molecule has 1 aromatic heterocycles. The molecule has 1 aliphatic carbocycles. The molecule has 13 heteroatoms. The van der Waals surface area contributed by atoms with Crippen molar-refractivity contribution in [2.24, 2.45) is 0 Å². The third-order valence-corrected chi connectivity index (χ3v) is 12.7. The monoisotopic (exact) mass is 634 g/mol. The van der Waals surface area contributed by atoms with Crippen LogP contribution in [0.25, 0.3) is 10.8 Å². The Bertz CT molecular complexity index is 1450. The second-order valence-corrected chi connectivity index (χ2v) is 17.2. The number of rotatable bonds is 9. The van der Waals surface area contributed by atoms with E-state index in [1.807, 2.05) is 33.9 Å². The lowest BCUT2D eigenvalue weighted by atomic mass is 9.88. The van der Waals surface area contributed by atoms with Gasteiger partial charge in [-0.2, -0.15) is 26.3 Å². The van der Waals surface area contributed by atoms with E-state index in [2.05, 4.69) is 10.3 Å². The molecule has 0 amide bonds. The van der Waals surface area contributed by atoms with Gasteiger partial charge in [-0.3, -0.25) is 4.98 Å². The highest BCUT2D eigenvalue weighted by Crippen LogP contribution is 2.44. The Kier molecular flexibility index (Phi) is 9.21. The maximum Gasteiger partial charge on any atom is 0.419 e. The second kappa shape index (κ2) is 12.0. The summed E-state index contributed by atoms with van der Waals surface area (Å²) in [6, 6.07) is 4.95. The molecular weight excluding hydrogens is 600 g/mol. The maximum atomic E-state index is 15.6. The summed E-state index contributed by atoms with van der Waals surface area (Å²) in [6.45, 7) is 9.46. The lowest BCUT2D eigenvalue weighted by Gasteiger charge is -2.40. The SMILES string of the molecule is CC(C)(C)[Si](C)(C)OC(CC(F)(F)F)c1cc(F)c(CNC2CC(Oc3ccc(F)c(C(F)(F)F)c3)C2)c2ccncc12. The average Bonchev–Trinajstić information content (AvgIpc) is 2.84. The van der Waals surface area contributed by atoms with Crippen molar-refractivity contribution in [1.29, 1.82) is 0 Å². The van der Waals surface area contributed by atoms with Crippen LogP contribution in [0.5, 0.6) is 5.75 Å². The van der Waals surface area contributed by atoms with Gasteiger partial charge in [0.2, 0.25) is 0 Å². The predicted molar refractivity (Wildman–Crippen MR) is 149 cm³/mol. The van der Waals surface area contributed by atoms with Crippen LogP contribution < -0.4 is 10.1 Å². The first-order valence-corrected chi connectivity index (χ1v) is 16.7. The third kappa shape index (κ3) is 7.85. The Morgan fingerprint density at radius 2 is 1.63 bits per heavy atom. The van der Waals surface area contributed by atoms with E-state index in [4.69, 9.17) is 9.16 Å². The van der Waals surface area contributed by atoms with Gasteiger partial charge in [0, 0.05) is 35.9 Å². The van der Waals surface area contributed by atoms with E-state index in [9.17, 15) is 30.7 Å². The topological polar surface area (TPSA) is 43.4 Å². The van der Waals surface area contributed by atoms with Gasteiger partial charge in [-0.1, -0.05) is 20.8 Å². The highest BCUT2D eigenvalue weighted by molar-refractivity contribution is 6.74. The number of pyridine rings is 1. The number of hydrogen-bond acceptors (Lipinski definition) is 4. The molecule has 0 bridgehead atoms. The maximum absolute atomic E-state index is 15.6. The second-order valence-electron chi connectivity index (χ2n) is 12.5. The number of hydrogen-bond donors (Lipinski definition) is 1. The van der Waals surface area contributed by atoms with Crippen LogP contribution in [0.15, 0.2) is 42.7 Å². The Morgan fingerprint density at radius 3 is 2.23 bits per heavy atom.